The van der Waals surface area contributed by atoms with Crippen LogP contribution in [-0.4, -0.2) is 72.1 Å². The van der Waals surface area contributed by atoms with Crippen LogP contribution in [0.5, 0.6) is 5.75 Å². The summed E-state index contributed by atoms with van der Waals surface area (Å²) in [5.74, 6) is 0.301. The van der Waals surface area contributed by atoms with Crippen molar-refractivity contribution in [3.63, 3.8) is 0 Å². The fourth-order valence-corrected chi connectivity index (χ4v) is 5.74. The summed E-state index contributed by atoms with van der Waals surface area (Å²) in [6.07, 6.45) is 6.40. The number of nitrogens with one attached hydrogen (secondary N) is 1. The van der Waals surface area contributed by atoms with Gasteiger partial charge in [-0.2, -0.15) is 0 Å². The average Bonchev–Trinajstić information content (AvgIpc) is 3.52. The van der Waals surface area contributed by atoms with Crippen molar-refractivity contribution in [1.29, 1.82) is 0 Å². The number of hydrogen-bond acceptors (Lipinski definition) is 6. The van der Waals surface area contributed by atoms with E-state index in [0.29, 0.717) is 43.9 Å². The second-order valence-electron chi connectivity index (χ2n) is 9.67. The lowest BCUT2D eigenvalue weighted by Gasteiger charge is -2.41. The third-order valence-electron chi connectivity index (χ3n) is 7.65. The average molecular weight is 493 g/mol. The van der Waals surface area contributed by atoms with Gasteiger partial charge in [0.25, 0.3) is 5.91 Å². The molecule has 0 radical (unpaired) electrons. The van der Waals surface area contributed by atoms with E-state index in [0.717, 1.165) is 18.4 Å². The number of piperidine rings is 1. The number of carbonyl (C=O) groups is 3. The van der Waals surface area contributed by atoms with Crippen molar-refractivity contribution in [3.8, 4) is 5.75 Å². The van der Waals surface area contributed by atoms with Gasteiger partial charge in [0.2, 0.25) is 5.91 Å². The number of urea groups is 1. The molecule has 3 fully saturated rings. The minimum atomic E-state index is -1.19. The van der Waals surface area contributed by atoms with E-state index in [-0.39, 0.29) is 36.8 Å². The number of methoxy groups -OCH3 is 1. The second-order valence-corrected chi connectivity index (χ2v) is 9.67. The molecule has 4 amide bonds. The maximum atomic E-state index is 13.9. The number of pyridine rings is 1. The van der Waals surface area contributed by atoms with Crippen molar-refractivity contribution in [2.75, 3.05) is 33.4 Å². The van der Waals surface area contributed by atoms with E-state index in [9.17, 15) is 14.4 Å². The highest BCUT2D eigenvalue weighted by Crippen LogP contribution is 2.41. The van der Waals surface area contributed by atoms with Crippen LogP contribution >= 0.6 is 0 Å². The first kappa shape index (κ1) is 24.2. The number of benzene rings is 1. The predicted octanol–water partition coefficient (Wildman–Crippen LogP) is 2.50. The van der Waals surface area contributed by atoms with Crippen LogP contribution in [0.15, 0.2) is 48.8 Å². The molecule has 5 rings (SSSR count). The fraction of sp³-hybridized carbons (Fsp3) is 0.481. The van der Waals surface area contributed by atoms with E-state index in [1.165, 1.54) is 4.90 Å². The Morgan fingerprint density at radius 1 is 1.17 bits per heavy atom. The van der Waals surface area contributed by atoms with Gasteiger partial charge in [-0.15, -0.1) is 0 Å². The smallest absolute Gasteiger partial charge is 0.325 e. The molecule has 0 bridgehead atoms. The molecule has 0 saturated carbocycles. The number of ether oxygens (including phenoxy) is 2. The molecule has 3 saturated heterocycles. The minimum absolute atomic E-state index is 0.0233. The van der Waals surface area contributed by atoms with Crippen LogP contribution in [0.3, 0.4) is 0 Å². The molecule has 4 heterocycles. The molecule has 1 aromatic carbocycles. The van der Waals surface area contributed by atoms with E-state index in [2.05, 4.69) is 10.3 Å². The third kappa shape index (κ3) is 4.43. The normalized spacial score (nSPS) is 24.8. The topological polar surface area (TPSA) is 101 Å². The first-order chi connectivity index (χ1) is 17.5. The first-order valence-corrected chi connectivity index (χ1v) is 12.6. The van der Waals surface area contributed by atoms with E-state index in [1.807, 2.05) is 35.2 Å². The summed E-state index contributed by atoms with van der Waals surface area (Å²) in [5, 5.41) is 3.05. The molecule has 2 atom stereocenters. The van der Waals surface area contributed by atoms with Gasteiger partial charge in [-0.05, 0) is 43.7 Å². The lowest BCUT2D eigenvalue weighted by Crippen LogP contribution is -2.54. The number of likely N-dealkylation sites (tertiary alicyclic amines) is 1. The van der Waals surface area contributed by atoms with Gasteiger partial charge in [0.1, 0.15) is 5.75 Å². The number of aromatic nitrogens is 1. The fourth-order valence-electron chi connectivity index (χ4n) is 5.74. The zero-order valence-electron chi connectivity index (χ0n) is 20.5. The molecule has 190 valence electrons. The van der Waals surface area contributed by atoms with E-state index < -0.39 is 11.6 Å². The highest BCUT2D eigenvalue weighted by Gasteiger charge is 2.57. The van der Waals surface area contributed by atoms with Gasteiger partial charge >= 0.3 is 6.03 Å². The van der Waals surface area contributed by atoms with E-state index >= 15 is 0 Å². The van der Waals surface area contributed by atoms with Crippen molar-refractivity contribution >= 4 is 17.8 Å². The van der Waals surface area contributed by atoms with E-state index in [1.54, 1.807) is 25.6 Å². The van der Waals surface area contributed by atoms with Crippen molar-refractivity contribution in [1.82, 2.24) is 20.1 Å². The van der Waals surface area contributed by atoms with Crippen molar-refractivity contribution in [2.45, 2.75) is 43.7 Å². The molecule has 9 heteroatoms. The third-order valence-corrected chi connectivity index (χ3v) is 7.65. The number of rotatable bonds is 7. The molecule has 36 heavy (non-hydrogen) atoms. The largest absolute Gasteiger partial charge is 0.496 e. The minimum Gasteiger partial charge on any atom is -0.496 e. The number of carbonyl (C=O) groups excluding carboxylic acids is 3. The van der Waals surface area contributed by atoms with Crippen LogP contribution in [0.1, 0.15) is 36.8 Å². The first-order valence-electron chi connectivity index (χ1n) is 12.6. The van der Waals surface area contributed by atoms with Crippen LogP contribution in [0.25, 0.3) is 0 Å². The quantitative estimate of drug-likeness (QED) is 0.596. The van der Waals surface area contributed by atoms with Gasteiger partial charge in [0.05, 0.1) is 26.2 Å². The molecule has 3 aliphatic rings. The maximum Gasteiger partial charge on any atom is 0.325 e. The van der Waals surface area contributed by atoms with Gasteiger partial charge in [-0.25, -0.2) is 4.79 Å². The predicted molar refractivity (Wildman–Crippen MR) is 131 cm³/mol. The Balaban J connectivity index is 1.33. The zero-order chi connectivity index (χ0) is 25.1. The maximum absolute atomic E-state index is 13.9. The Morgan fingerprint density at radius 3 is 2.67 bits per heavy atom. The summed E-state index contributed by atoms with van der Waals surface area (Å²) in [6, 6.07) is 10.8. The van der Waals surface area contributed by atoms with Crippen molar-refractivity contribution in [2.24, 2.45) is 5.92 Å². The van der Waals surface area contributed by atoms with Crippen molar-refractivity contribution < 1.29 is 23.9 Å². The summed E-state index contributed by atoms with van der Waals surface area (Å²) in [7, 11) is 1.60. The molecule has 3 aliphatic heterocycles. The summed E-state index contributed by atoms with van der Waals surface area (Å²) in [5.41, 5.74) is 0.334. The van der Waals surface area contributed by atoms with Gasteiger partial charge in [-0.3, -0.25) is 19.5 Å². The molecule has 0 unspecified atom stereocenters. The molecular weight excluding hydrogens is 460 g/mol. The Bertz CT molecular complexity index is 1110. The molecule has 9 nitrogen and oxygen atoms in total. The molecule has 0 aliphatic carbocycles. The summed E-state index contributed by atoms with van der Waals surface area (Å²) < 4.78 is 11.1. The number of para-hydroxylation sites is 1. The monoisotopic (exact) mass is 492 g/mol. The van der Waals surface area contributed by atoms with Crippen LogP contribution in [0, 0.1) is 5.92 Å². The molecule has 1 N–H and O–H groups in total. The van der Waals surface area contributed by atoms with E-state index in [4.69, 9.17) is 9.47 Å². The summed E-state index contributed by atoms with van der Waals surface area (Å²) in [6.45, 7) is 1.93. The molecule has 1 aromatic heterocycles. The SMILES string of the molecule is COc1ccccc1CC(=O)N1CCC([C@@]2(c3cccnc3)NC(=O)N(C[C@@H]3CCCO3)C2=O)CC1. The van der Waals surface area contributed by atoms with Gasteiger partial charge < -0.3 is 19.7 Å². The number of amides is 4. The van der Waals surface area contributed by atoms with Crippen LogP contribution in [0.4, 0.5) is 4.79 Å². The molecule has 0 spiro atoms. The number of imide groups is 1. The van der Waals surface area contributed by atoms with Crippen molar-refractivity contribution in [3.05, 3.63) is 59.9 Å². The molecule has 2 aromatic rings. The Labute approximate surface area is 210 Å². The highest BCUT2D eigenvalue weighted by molar-refractivity contribution is 6.07. The Morgan fingerprint density at radius 2 is 1.97 bits per heavy atom. The van der Waals surface area contributed by atoms with Gasteiger partial charge in [0.15, 0.2) is 5.54 Å². The lowest BCUT2D eigenvalue weighted by molar-refractivity contribution is -0.137. The standard InChI is InChI=1S/C27H32N4O5/c1-35-23-9-3-2-6-19(23)16-24(32)30-13-10-20(11-14-30)27(21-7-4-12-28-17-21)25(33)31(26(34)29-27)18-22-8-5-15-36-22/h2-4,6-7,9,12,17,20,22H,5,8,10-11,13-16,18H2,1H3,(H,29,34)/t22-,27-/m0/s1. The van der Waals surface area contributed by atoms with Gasteiger partial charge in [0, 0.05) is 43.2 Å². The summed E-state index contributed by atoms with van der Waals surface area (Å²) >= 11 is 0. The Kier molecular flexibility index (Phi) is 6.91. The second kappa shape index (κ2) is 10.3. The van der Waals surface area contributed by atoms with Crippen LogP contribution < -0.4 is 10.1 Å². The van der Waals surface area contributed by atoms with Crippen LogP contribution in [-0.2, 0) is 26.3 Å². The highest BCUT2D eigenvalue weighted by atomic mass is 16.5. The zero-order valence-corrected chi connectivity index (χ0v) is 20.5. The summed E-state index contributed by atoms with van der Waals surface area (Å²) in [4.78, 5) is 47.5. The van der Waals surface area contributed by atoms with Gasteiger partial charge in [-0.1, -0.05) is 24.3 Å². The Hall–Kier alpha value is -3.46. The number of nitrogens with zero attached hydrogens (tertiary/aromatic N) is 3. The molecular formula is C27H32N4O5. The van der Waals surface area contributed by atoms with Crippen LogP contribution in [0.2, 0.25) is 0 Å². The number of hydrogen-bond donors (Lipinski definition) is 1. The lowest BCUT2D eigenvalue weighted by atomic mass is 9.73.